The van der Waals surface area contributed by atoms with Crippen LogP contribution in [0.3, 0.4) is 0 Å². The summed E-state index contributed by atoms with van der Waals surface area (Å²) in [6.07, 6.45) is 1.64. The van der Waals surface area contributed by atoms with Crippen LogP contribution in [0.4, 0.5) is 0 Å². The third kappa shape index (κ3) is 2.49. The summed E-state index contributed by atoms with van der Waals surface area (Å²) in [7, 11) is 0. The monoisotopic (exact) mass is 227 g/mol. The first kappa shape index (κ1) is 11.1. The fourth-order valence-electron chi connectivity index (χ4n) is 0.987. The minimum atomic E-state index is -0.902. The summed E-state index contributed by atoms with van der Waals surface area (Å²) < 4.78 is 0. The zero-order valence-electron chi connectivity index (χ0n) is 7.11. The third-order valence-corrected chi connectivity index (χ3v) is 2.49. The lowest BCUT2D eigenvalue weighted by Crippen LogP contribution is -1.94. The maximum absolute atomic E-state index is 9.58. The number of nitrogens with zero attached hydrogens (tertiary/aromatic N) is 1. The largest absolute Gasteiger partial charge is 0.384 e. The van der Waals surface area contributed by atoms with Crippen molar-refractivity contribution < 1.29 is 5.11 Å². The zero-order valence-corrected chi connectivity index (χ0v) is 8.63. The fourth-order valence-corrected chi connectivity index (χ4v) is 1.41. The molecule has 4 heteroatoms. The molecule has 0 saturated carbocycles. The third-order valence-electron chi connectivity index (χ3n) is 1.65. The maximum atomic E-state index is 9.58. The van der Waals surface area contributed by atoms with Crippen molar-refractivity contribution in [1.82, 2.24) is 0 Å². The highest BCUT2D eigenvalue weighted by Gasteiger charge is 2.10. The molecule has 0 bridgehead atoms. The van der Waals surface area contributed by atoms with E-state index in [1.807, 2.05) is 0 Å². The number of aliphatic hydroxyl groups is 1. The minimum Gasteiger partial charge on any atom is -0.384 e. The van der Waals surface area contributed by atoms with E-state index in [1.165, 1.54) is 12.2 Å². The van der Waals surface area contributed by atoms with Gasteiger partial charge in [0.15, 0.2) is 0 Å². The first-order valence-electron chi connectivity index (χ1n) is 3.85. The van der Waals surface area contributed by atoms with Crippen LogP contribution in [0.25, 0.3) is 0 Å². The molecule has 1 rings (SSSR count). The van der Waals surface area contributed by atoms with Crippen LogP contribution in [0.1, 0.15) is 11.7 Å². The molecule has 0 saturated heterocycles. The number of rotatable bonds is 2. The molecular formula is C10H7Cl2NO. The summed E-state index contributed by atoms with van der Waals surface area (Å²) in [6.45, 7) is 0. The summed E-state index contributed by atoms with van der Waals surface area (Å²) in [4.78, 5) is 0. The molecule has 0 aliphatic carbocycles. The number of aliphatic hydroxyl groups excluding tert-OH is 1. The van der Waals surface area contributed by atoms with Gasteiger partial charge in [-0.2, -0.15) is 5.26 Å². The van der Waals surface area contributed by atoms with Crippen LogP contribution in [-0.2, 0) is 0 Å². The summed E-state index contributed by atoms with van der Waals surface area (Å²) in [5.41, 5.74) is 0.491. The molecule has 1 aromatic carbocycles. The number of nitriles is 1. The van der Waals surface area contributed by atoms with E-state index < -0.39 is 6.10 Å². The molecule has 1 aromatic rings. The van der Waals surface area contributed by atoms with Crippen LogP contribution in [0, 0.1) is 11.3 Å². The van der Waals surface area contributed by atoms with Gasteiger partial charge in [0, 0.05) is 11.6 Å². The average Bonchev–Trinajstić information content (AvgIpc) is 2.18. The van der Waals surface area contributed by atoms with Crippen LogP contribution in [0.15, 0.2) is 30.4 Å². The second-order valence-corrected chi connectivity index (χ2v) is 3.36. The molecule has 14 heavy (non-hydrogen) atoms. The number of allylic oxidation sites excluding steroid dienone is 1. The van der Waals surface area contributed by atoms with Gasteiger partial charge in [-0.1, -0.05) is 35.3 Å². The van der Waals surface area contributed by atoms with Crippen LogP contribution in [-0.4, -0.2) is 5.11 Å². The van der Waals surface area contributed by atoms with Crippen molar-refractivity contribution in [1.29, 1.82) is 5.26 Å². The Morgan fingerprint density at radius 3 is 2.79 bits per heavy atom. The highest BCUT2D eigenvalue weighted by Crippen LogP contribution is 2.30. The van der Waals surface area contributed by atoms with E-state index in [9.17, 15) is 5.11 Å². The van der Waals surface area contributed by atoms with Gasteiger partial charge >= 0.3 is 0 Å². The average molecular weight is 228 g/mol. The Kier molecular flexibility index (Phi) is 3.97. The highest BCUT2D eigenvalue weighted by molar-refractivity contribution is 6.42. The van der Waals surface area contributed by atoms with Crippen LogP contribution in [0.5, 0.6) is 0 Å². The van der Waals surface area contributed by atoms with E-state index in [0.717, 1.165) is 0 Å². The van der Waals surface area contributed by atoms with E-state index in [-0.39, 0.29) is 0 Å². The predicted molar refractivity (Wildman–Crippen MR) is 56.2 cm³/mol. The van der Waals surface area contributed by atoms with Gasteiger partial charge in [0.25, 0.3) is 0 Å². The number of halogens is 2. The van der Waals surface area contributed by atoms with Crippen molar-refractivity contribution in [3.05, 3.63) is 46.0 Å². The molecule has 0 radical (unpaired) electrons. The summed E-state index contributed by atoms with van der Waals surface area (Å²) in [6, 6.07) is 6.76. The Morgan fingerprint density at radius 2 is 2.14 bits per heavy atom. The number of hydrogen-bond donors (Lipinski definition) is 1. The first-order chi connectivity index (χ1) is 6.66. The second kappa shape index (κ2) is 5.02. The molecular weight excluding hydrogens is 221 g/mol. The molecule has 0 fully saturated rings. The maximum Gasteiger partial charge on any atom is 0.0996 e. The summed E-state index contributed by atoms with van der Waals surface area (Å²) in [5, 5.41) is 18.5. The van der Waals surface area contributed by atoms with E-state index in [2.05, 4.69) is 0 Å². The van der Waals surface area contributed by atoms with Crippen molar-refractivity contribution in [3.63, 3.8) is 0 Å². The van der Waals surface area contributed by atoms with Gasteiger partial charge in [-0.05, 0) is 12.1 Å². The molecule has 2 nitrogen and oxygen atoms in total. The molecule has 1 atom stereocenters. The number of hydrogen-bond acceptors (Lipinski definition) is 2. The molecule has 72 valence electrons. The minimum absolute atomic E-state index is 0.309. The van der Waals surface area contributed by atoms with E-state index in [1.54, 1.807) is 24.3 Å². The summed E-state index contributed by atoms with van der Waals surface area (Å²) in [5.74, 6) is 0. The quantitative estimate of drug-likeness (QED) is 0.790. The Labute approximate surface area is 92.0 Å². The Balaban J connectivity index is 3.02. The first-order valence-corrected chi connectivity index (χ1v) is 4.60. The summed E-state index contributed by atoms with van der Waals surface area (Å²) >= 11 is 11.6. The predicted octanol–water partition coefficient (Wildman–Crippen LogP) is 3.11. The van der Waals surface area contributed by atoms with Gasteiger partial charge in [-0.15, -0.1) is 0 Å². The fraction of sp³-hybridized carbons (Fsp3) is 0.100. The van der Waals surface area contributed by atoms with Crippen LogP contribution >= 0.6 is 23.2 Å². The van der Waals surface area contributed by atoms with Gasteiger partial charge in [-0.25, -0.2) is 0 Å². The molecule has 0 heterocycles. The normalized spacial score (nSPS) is 12.7. The van der Waals surface area contributed by atoms with Gasteiger partial charge in [0.05, 0.1) is 22.2 Å². The SMILES string of the molecule is N#C/C=C/C(O)c1cccc(Cl)c1Cl. The van der Waals surface area contributed by atoms with E-state index in [0.29, 0.717) is 15.6 Å². The highest BCUT2D eigenvalue weighted by atomic mass is 35.5. The van der Waals surface area contributed by atoms with Gasteiger partial charge in [0.1, 0.15) is 0 Å². The smallest absolute Gasteiger partial charge is 0.0996 e. The van der Waals surface area contributed by atoms with Crippen molar-refractivity contribution >= 4 is 23.2 Å². The molecule has 0 aliphatic rings. The van der Waals surface area contributed by atoms with Crippen molar-refractivity contribution in [2.24, 2.45) is 0 Å². The Bertz CT molecular complexity index is 396. The second-order valence-electron chi connectivity index (χ2n) is 2.58. The van der Waals surface area contributed by atoms with E-state index in [4.69, 9.17) is 28.5 Å². The lowest BCUT2D eigenvalue weighted by molar-refractivity contribution is 0.229. The molecule has 0 aromatic heterocycles. The molecule has 0 aliphatic heterocycles. The lowest BCUT2D eigenvalue weighted by Gasteiger charge is -2.08. The van der Waals surface area contributed by atoms with Gasteiger partial charge in [-0.3, -0.25) is 0 Å². The van der Waals surface area contributed by atoms with Crippen LogP contribution < -0.4 is 0 Å². The van der Waals surface area contributed by atoms with Crippen molar-refractivity contribution in [2.75, 3.05) is 0 Å². The van der Waals surface area contributed by atoms with Gasteiger partial charge < -0.3 is 5.11 Å². The molecule has 1 N–H and O–H groups in total. The standard InChI is InChI=1S/C10H7Cl2NO/c11-8-4-1-3-7(10(8)12)9(14)5-2-6-13/h1-5,9,14H/b5-2+. The molecule has 0 spiro atoms. The zero-order chi connectivity index (χ0) is 10.6. The van der Waals surface area contributed by atoms with E-state index >= 15 is 0 Å². The molecule has 1 unspecified atom stereocenters. The van der Waals surface area contributed by atoms with Crippen LogP contribution in [0.2, 0.25) is 10.0 Å². The molecule has 0 amide bonds. The van der Waals surface area contributed by atoms with Gasteiger partial charge in [0.2, 0.25) is 0 Å². The number of benzene rings is 1. The topological polar surface area (TPSA) is 44.0 Å². The Morgan fingerprint density at radius 1 is 1.43 bits per heavy atom. The lowest BCUT2D eigenvalue weighted by atomic mass is 10.1. The van der Waals surface area contributed by atoms with Crippen molar-refractivity contribution in [3.8, 4) is 6.07 Å². The Hall–Kier alpha value is -1.01. The van der Waals surface area contributed by atoms with Crippen molar-refractivity contribution in [2.45, 2.75) is 6.10 Å².